The summed E-state index contributed by atoms with van der Waals surface area (Å²) in [6, 6.07) is 6.31. The number of nitriles is 1. The maximum absolute atomic E-state index is 8.71. The number of rotatable bonds is 3. The molecule has 0 amide bonds. The highest BCUT2D eigenvalue weighted by atomic mass is 16.5. The van der Waals surface area contributed by atoms with E-state index in [1.54, 1.807) is 14.2 Å². The van der Waals surface area contributed by atoms with Gasteiger partial charge in [0.05, 0.1) is 20.3 Å². The van der Waals surface area contributed by atoms with Gasteiger partial charge in [-0.3, -0.25) is 0 Å². The molecule has 1 aliphatic carbocycles. The molecule has 0 fully saturated rings. The van der Waals surface area contributed by atoms with E-state index in [1.807, 2.05) is 12.1 Å². The molecule has 3 nitrogen and oxygen atoms in total. The molecule has 0 radical (unpaired) electrons. The van der Waals surface area contributed by atoms with E-state index in [1.165, 1.54) is 11.1 Å². The van der Waals surface area contributed by atoms with Crippen LogP contribution in [0, 0.1) is 17.2 Å². The number of ether oxygens (including phenoxy) is 2. The summed E-state index contributed by atoms with van der Waals surface area (Å²) in [6.45, 7) is 0. The van der Waals surface area contributed by atoms with E-state index in [9.17, 15) is 0 Å². The molecule has 3 heteroatoms. The molecule has 0 saturated carbocycles. The lowest BCUT2D eigenvalue weighted by atomic mass is 10.0. The molecule has 0 aliphatic heterocycles. The Kier molecular flexibility index (Phi) is 3.00. The molecule has 2 rings (SSSR count). The van der Waals surface area contributed by atoms with Crippen LogP contribution in [-0.4, -0.2) is 14.2 Å². The smallest absolute Gasteiger partial charge is 0.161 e. The van der Waals surface area contributed by atoms with Crippen LogP contribution in [0.1, 0.15) is 17.5 Å². The molecule has 16 heavy (non-hydrogen) atoms. The van der Waals surface area contributed by atoms with E-state index in [-0.39, 0.29) is 0 Å². The topological polar surface area (TPSA) is 42.2 Å². The van der Waals surface area contributed by atoms with Crippen LogP contribution >= 0.6 is 0 Å². The summed E-state index contributed by atoms with van der Waals surface area (Å²) in [5, 5.41) is 8.71. The summed E-state index contributed by atoms with van der Waals surface area (Å²) in [6.07, 6.45) is 2.58. The van der Waals surface area contributed by atoms with Gasteiger partial charge >= 0.3 is 0 Å². The Balaban J connectivity index is 2.29. The fraction of sp³-hybridized carbons (Fsp3) is 0.462. The van der Waals surface area contributed by atoms with Crippen LogP contribution in [0.4, 0.5) is 0 Å². The van der Waals surface area contributed by atoms with Gasteiger partial charge in [-0.15, -0.1) is 0 Å². The van der Waals surface area contributed by atoms with Crippen molar-refractivity contribution in [2.45, 2.75) is 19.3 Å². The second-order valence-electron chi connectivity index (χ2n) is 4.11. The molecule has 0 atom stereocenters. The van der Waals surface area contributed by atoms with Gasteiger partial charge in [-0.25, -0.2) is 0 Å². The molecule has 0 heterocycles. The van der Waals surface area contributed by atoms with Gasteiger partial charge in [-0.2, -0.15) is 5.26 Å². The number of methoxy groups -OCH3 is 2. The summed E-state index contributed by atoms with van der Waals surface area (Å²) in [7, 11) is 3.29. The summed E-state index contributed by atoms with van der Waals surface area (Å²) < 4.78 is 10.5. The van der Waals surface area contributed by atoms with E-state index in [0.29, 0.717) is 12.3 Å². The summed E-state index contributed by atoms with van der Waals surface area (Å²) in [5.74, 6) is 2.01. The molecule has 0 aromatic heterocycles. The van der Waals surface area contributed by atoms with E-state index >= 15 is 0 Å². The molecular weight excluding hydrogens is 202 g/mol. The van der Waals surface area contributed by atoms with Crippen molar-refractivity contribution in [2.24, 2.45) is 5.92 Å². The van der Waals surface area contributed by atoms with Crippen molar-refractivity contribution in [1.82, 2.24) is 0 Å². The van der Waals surface area contributed by atoms with Crippen LogP contribution in [0.25, 0.3) is 0 Å². The van der Waals surface area contributed by atoms with Crippen molar-refractivity contribution in [3.05, 3.63) is 23.3 Å². The molecular formula is C13H15NO2. The van der Waals surface area contributed by atoms with Gasteiger partial charge in [0.1, 0.15) is 0 Å². The molecule has 0 unspecified atom stereocenters. The largest absolute Gasteiger partial charge is 0.493 e. The first-order valence-electron chi connectivity index (χ1n) is 5.39. The quantitative estimate of drug-likeness (QED) is 0.780. The standard InChI is InChI=1S/C13H15NO2/c1-15-12-7-10-5-9(3-4-14)6-11(10)8-13(12)16-2/h7-9H,3,5-6H2,1-2H3. The van der Waals surface area contributed by atoms with Crippen molar-refractivity contribution >= 4 is 0 Å². The lowest BCUT2D eigenvalue weighted by Crippen LogP contribution is -1.96. The van der Waals surface area contributed by atoms with Crippen LogP contribution in [0.2, 0.25) is 0 Å². The minimum atomic E-state index is 0.455. The Morgan fingerprint density at radius 3 is 2.06 bits per heavy atom. The van der Waals surface area contributed by atoms with Crippen LogP contribution in [0.5, 0.6) is 11.5 Å². The molecule has 1 aliphatic rings. The first-order valence-corrected chi connectivity index (χ1v) is 5.39. The Hall–Kier alpha value is -1.69. The van der Waals surface area contributed by atoms with Gasteiger partial charge < -0.3 is 9.47 Å². The fourth-order valence-corrected chi connectivity index (χ4v) is 2.31. The summed E-state index contributed by atoms with van der Waals surface area (Å²) in [5.41, 5.74) is 2.58. The first kappa shape index (κ1) is 10.8. The minimum absolute atomic E-state index is 0.455. The zero-order chi connectivity index (χ0) is 11.5. The van der Waals surface area contributed by atoms with Crippen molar-refractivity contribution in [1.29, 1.82) is 5.26 Å². The third-order valence-corrected chi connectivity index (χ3v) is 3.10. The average molecular weight is 217 g/mol. The van der Waals surface area contributed by atoms with E-state index in [2.05, 4.69) is 6.07 Å². The zero-order valence-corrected chi connectivity index (χ0v) is 9.62. The number of hydrogen-bond donors (Lipinski definition) is 0. The molecule has 1 aromatic carbocycles. The highest BCUT2D eigenvalue weighted by molar-refractivity contribution is 5.49. The zero-order valence-electron chi connectivity index (χ0n) is 9.62. The van der Waals surface area contributed by atoms with E-state index < -0.39 is 0 Å². The highest BCUT2D eigenvalue weighted by Crippen LogP contribution is 2.37. The van der Waals surface area contributed by atoms with Gasteiger partial charge in [0.2, 0.25) is 0 Å². The molecule has 0 N–H and O–H groups in total. The van der Waals surface area contributed by atoms with Crippen molar-refractivity contribution in [3.63, 3.8) is 0 Å². The van der Waals surface area contributed by atoms with Gasteiger partial charge in [-0.1, -0.05) is 0 Å². The lowest BCUT2D eigenvalue weighted by molar-refractivity contribution is 0.354. The number of nitrogens with zero attached hydrogens (tertiary/aromatic N) is 1. The normalized spacial score (nSPS) is 14.3. The van der Waals surface area contributed by atoms with Crippen LogP contribution < -0.4 is 9.47 Å². The Morgan fingerprint density at radius 1 is 1.19 bits per heavy atom. The first-order chi connectivity index (χ1) is 7.78. The van der Waals surface area contributed by atoms with Crippen molar-refractivity contribution in [2.75, 3.05) is 14.2 Å². The molecule has 0 saturated heterocycles. The third-order valence-electron chi connectivity index (χ3n) is 3.10. The van der Waals surface area contributed by atoms with E-state index in [0.717, 1.165) is 24.3 Å². The minimum Gasteiger partial charge on any atom is -0.493 e. The van der Waals surface area contributed by atoms with Gasteiger partial charge in [0.25, 0.3) is 0 Å². The fourth-order valence-electron chi connectivity index (χ4n) is 2.31. The Morgan fingerprint density at radius 2 is 1.69 bits per heavy atom. The number of benzene rings is 1. The van der Waals surface area contributed by atoms with Crippen LogP contribution in [-0.2, 0) is 12.8 Å². The predicted molar refractivity (Wildman–Crippen MR) is 60.7 cm³/mol. The summed E-state index contributed by atoms with van der Waals surface area (Å²) in [4.78, 5) is 0. The molecule has 1 aromatic rings. The lowest BCUT2D eigenvalue weighted by Gasteiger charge is -2.09. The van der Waals surface area contributed by atoms with Crippen LogP contribution in [0.15, 0.2) is 12.1 Å². The Labute approximate surface area is 95.6 Å². The second kappa shape index (κ2) is 4.44. The molecule has 0 spiro atoms. The third kappa shape index (κ3) is 1.83. The SMILES string of the molecule is COc1cc2c(cc1OC)CC(CC#N)C2. The van der Waals surface area contributed by atoms with Crippen LogP contribution in [0.3, 0.4) is 0 Å². The predicted octanol–water partition coefficient (Wildman–Crippen LogP) is 2.33. The maximum Gasteiger partial charge on any atom is 0.161 e. The van der Waals surface area contributed by atoms with E-state index in [4.69, 9.17) is 14.7 Å². The van der Waals surface area contributed by atoms with Crippen molar-refractivity contribution < 1.29 is 9.47 Å². The molecule has 84 valence electrons. The number of hydrogen-bond acceptors (Lipinski definition) is 3. The summed E-state index contributed by atoms with van der Waals surface area (Å²) >= 11 is 0. The number of fused-ring (bicyclic) bond motifs is 1. The maximum atomic E-state index is 8.71. The van der Waals surface area contributed by atoms with Crippen molar-refractivity contribution in [3.8, 4) is 17.6 Å². The highest BCUT2D eigenvalue weighted by Gasteiger charge is 2.23. The van der Waals surface area contributed by atoms with Gasteiger partial charge in [0, 0.05) is 6.42 Å². The Bertz CT molecular complexity index is 401. The van der Waals surface area contributed by atoms with Gasteiger partial charge in [-0.05, 0) is 42.0 Å². The molecule has 0 bridgehead atoms. The van der Waals surface area contributed by atoms with Gasteiger partial charge in [0.15, 0.2) is 11.5 Å². The monoisotopic (exact) mass is 217 g/mol. The average Bonchev–Trinajstić information content (AvgIpc) is 2.68. The second-order valence-corrected chi connectivity index (χ2v) is 4.11.